The maximum absolute atomic E-state index is 11.7. The molecule has 0 aliphatic rings. The molecular weight excluding hydrogens is 352 g/mol. The van der Waals surface area contributed by atoms with Gasteiger partial charge in [0.1, 0.15) is 0 Å². The molecule has 0 heterocycles. The molecule has 4 nitrogen and oxygen atoms in total. The van der Waals surface area contributed by atoms with Gasteiger partial charge >= 0.3 is 11.9 Å². The molecule has 0 saturated carbocycles. The molecule has 166 valence electrons. The van der Waals surface area contributed by atoms with Crippen molar-refractivity contribution in [1.29, 1.82) is 0 Å². The van der Waals surface area contributed by atoms with Crippen LogP contribution in [0.15, 0.2) is 0 Å². The van der Waals surface area contributed by atoms with Gasteiger partial charge in [0.2, 0.25) is 0 Å². The van der Waals surface area contributed by atoms with Crippen LogP contribution in [0.5, 0.6) is 0 Å². The van der Waals surface area contributed by atoms with Crippen LogP contribution in [0.4, 0.5) is 0 Å². The van der Waals surface area contributed by atoms with Gasteiger partial charge in [0.15, 0.2) is 0 Å². The van der Waals surface area contributed by atoms with Crippen LogP contribution in [0.2, 0.25) is 0 Å². The second-order valence-electron chi connectivity index (χ2n) is 10.4. The summed E-state index contributed by atoms with van der Waals surface area (Å²) in [5.74, 6) is -0.300. The molecule has 28 heavy (non-hydrogen) atoms. The van der Waals surface area contributed by atoms with E-state index < -0.39 is 0 Å². The highest BCUT2D eigenvalue weighted by molar-refractivity contribution is 5.70. The summed E-state index contributed by atoms with van der Waals surface area (Å²) in [6.07, 6.45) is 11.0. The Balaban J connectivity index is 3.43. The predicted octanol–water partition coefficient (Wildman–Crippen LogP) is 6.85. The Morgan fingerprint density at radius 2 is 0.893 bits per heavy atom. The molecular formula is C24H46O4. The van der Waals surface area contributed by atoms with Crippen LogP contribution >= 0.6 is 0 Å². The molecule has 0 radical (unpaired) electrons. The summed E-state index contributed by atoms with van der Waals surface area (Å²) in [5, 5.41) is 0. The minimum absolute atomic E-state index is 0.150. The van der Waals surface area contributed by atoms with Crippen molar-refractivity contribution in [3.05, 3.63) is 0 Å². The number of rotatable bonds is 15. The maximum Gasteiger partial charge on any atom is 0.305 e. The molecule has 4 heteroatoms. The van der Waals surface area contributed by atoms with E-state index in [1.54, 1.807) is 0 Å². The zero-order chi connectivity index (χ0) is 21.5. The lowest BCUT2D eigenvalue weighted by molar-refractivity contribution is -0.146. The van der Waals surface area contributed by atoms with E-state index in [1.165, 1.54) is 25.7 Å². The molecule has 0 aromatic heterocycles. The number of carbonyl (C=O) groups excluding carboxylic acids is 2. The zero-order valence-corrected chi connectivity index (χ0v) is 19.5. The number of hydrogen-bond donors (Lipinski definition) is 0. The van der Waals surface area contributed by atoms with Crippen LogP contribution in [-0.4, -0.2) is 25.2 Å². The molecule has 0 aromatic carbocycles. The highest BCUT2D eigenvalue weighted by atomic mass is 16.5. The third-order valence-corrected chi connectivity index (χ3v) is 4.68. The Kier molecular flexibility index (Phi) is 14.3. The Morgan fingerprint density at radius 3 is 1.21 bits per heavy atom. The minimum Gasteiger partial charge on any atom is -0.466 e. The molecule has 0 bridgehead atoms. The summed E-state index contributed by atoms with van der Waals surface area (Å²) >= 11 is 0. The molecule has 0 amide bonds. The van der Waals surface area contributed by atoms with Crippen LogP contribution in [0.3, 0.4) is 0 Å². The third-order valence-electron chi connectivity index (χ3n) is 4.68. The summed E-state index contributed by atoms with van der Waals surface area (Å²) < 4.78 is 10.5. The largest absolute Gasteiger partial charge is 0.466 e. The predicted molar refractivity (Wildman–Crippen MR) is 116 cm³/mol. The van der Waals surface area contributed by atoms with E-state index in [4.69, 9.17) is 9.47 Å². The summed E-state index contributed by atoms with van der Waals surface area (Å²) in [6, 6.07) is 0. The van der Waals surface area contributed by atoms with Crippen LogP contribution in [0, 0.1) is 10.8 Å². The van der Waals surface area contributed by atoms with E-state index in [0.717, 1.165) is 25.7 Å². The smallest absolute Gasteiger partial charge is 0.305 e. The summed E-state index contributed by atoms with van der Waals surface area (Å²) in [6.45, 7) is 14.5. The molecule has 0 aromatic rings. The van der Waals surface area contributed by atoms with Crippen molar-refractivity contribution in [3.63, 3.8) is 0 Å². The SMILES string of the molecule is CC(C)(C)CCCCCOC(=O)CCCCC(=O)OCCCCCC(C)(C)C. The lowest BCUT2D eigenvalue weighted by Gasteiger charge is -2.17. The molecule has 0 N–H and O–H groups in total. The van der Waals surface area contributed by atoms with E-state index >= 15 is 0 Å². The number of ether oxygens (including phenoxy) is 2. The molecule has 0 fully saturated rings. The first-order chi connectivity index (χ1) is 13.0. The molecule has 0 saturated heterocycles. The van der Waals surface area contributed by atoms with Crippen molar-refractivity contribution >= 4 is 11.9 Å². The van der Waals surface area contributed by atoms with Crippen LogP contribution in [-0.2, 0) is 19.1 Å². The molecule has 0 unspecified atom stereocenters. The normalized spacial score (nSPS) is 12.1. The fraction of sp³-hybridized carbons (Fsp3) is 0.917. The second-order valence-corrected chi connectivity index (χ2v) is 10.4. The number of carbonyl (C=O) groups is 2. The van der Waals surface area contributed by atoms with Crippen molar-refractivity contribution in [3.8, 4) is 0 Å². The third kappa shape index (κ3) is 21.2. The fourth-order valence-electron chi connectivity index (χ4n) is 2.92. The highest BCUT2D eigenvalue weighted by Gasteiger charge is 2.10. The number of esters is 2. The fourth-order valence-corrected chi connectivity index (χ4v) is 2.92. The molecule has 0 atom stereocenters. The average molecular weight is 399 g/mol. The van der Waals surface area contributed by atoms with Gasteiger partial charge < -0.3 is 9.47 Å². The first kappa shape index (κ1) is 26.9. The van der Waals surface area contributed by atoms with Crippen molar-refractivity contribution in [2.75, 3.05) is 13.2 Å². The number of hydrogen-bond acceptors (Lipinski definition) is 4. The summed E-state index contributed by atoms with van der Waals surface area (Å²) in [4.78, 5) is 23.4. The Morgan fingerprint density at radius 1 is 0.536 bits per heavy atom. The van der Waals surface area contributed by atoms with Gasteiger partial charge in [-0.15, -0.1) is 0 Å². The summed E-state index contributed by atoms with van der Waals surface area (Å²) in [7, 11) is 0. The van der Waals surface area contributed by atoms with Gasteiger partial charge in [-0.3, -0.25) is 9.59 Å². The van der Waals surface area contributed by atoms with Crippen molar-refractivity contribution in [1.82, 2.24) is 0 Å². The second kappa shape index (κ2) is 14.9. The van der Waals surface area contributed by atoms with Gasteiger partial charge in [0.05, 0.1) is 13.2 Å². The van der Waals surface area contributed by atoms with E-state index in [1.807, 2.05) is 0 Å². The van der Waals surface area contributed by atoms with E-state index in [2.05, 4.69) is 41.5 Å². The first-order valence-electron chi connectivity index (χ1n) is 11.3. The number of unbranched alkanes of at least 4 members (excludes halogenated alkanes) is 5. The van der Waals surface area contributed by atoms with E-state index in [9.17, 15) is 9.59 Å². The first-order valence-corrected chi connectivity index (χ1v) is 11.3. The standard InChI is InChI=1S/C24H46O4/c1-23(2,3)17-11-7-13-19-27-21(25)15-9-10-16-22(26)28-20-14-8-12-18-24(4,5)6/h7-20H2,1-6H3. The summed E-state index contributed by atoms with van der Waals surface area (Å²) in [5.41, 5.74) is 0.758. The Hall–Kier alpha value is -1.06. The quantitative estimate of drug-likeness (QED) is 0.224. The minimum atomic E-state index is -0.150. The van der Waals surface area contributed by atoms with Gasteiger partial charge in [-0.05, 0) is 49.4 Å². The van der Waals surface area contributed by atoms with Crippen molar-refractivity contribution in [2.24, 2.45) is 10.8 Å². The lowest BCUT2D eigenvalue weighted by atomic mass is 9.89. The van der Waals surface area contributed by atoms with Gasteiger partial charge in [0.25, 0.3) is 0 Å². The van der Waals surface area contributed by atoms with Gasteiger partial charge in [-0.2, -0.15) is 0 Å². The van der Waals surface area contributed by atoms with Crippen LogP contribution in [0.1, 0.15) is 119 Å². The Bertz CT molecular complexity index is 375. The van der Waals surface area contributed by atoms with Crippen LogP contribution < -0.4 is 0 Å². The van der Waals surface area contributed by atoms with Crippen molar-refractivity contribution in [2.45, 2.75) is 119 Å². The van der Waals surface area contributed by atoms with E-state index in [0.29, 0.717) is 49.7 Å². The average Bonchev–Trinajstić information content (AvgIpc) is 2.56. The van der Waals surface area contributed by atoms with Gasteiger partial charge in [0, 0.05) is 12.8 Å². The maximum atomic E-state index is 11.7. The lowest BCUT2D eigenvalue weighted by Crippen LogP contribution is -2.08. The van der Waals surface area contributed by atoms with Gasteiger partial charge in [-0.25, -0.2) is 0 Å². The molecule has 0 rings (SSSR count). The Labute approximate surface area is 174 Å². The molecule has 0 aliphatic heterocycles. The van der Waals surface area contributed by atoms with Crippen LogP contribution in [0.25, 0.3) is 0 Å². The molecule has 0 spiro atoms. The monoisotopic (exact) mass is 398 g/mol. The highest BCUT2D eigenvalue weighted by Crippen LogP contribution is 2.22. The van der Waals surface area contributed by atoms with E-state index in [-0.39, 0.29) is 11.9 Å². The topological polar surface area (TPSA) is 52.6 Å². The molecule has 0 aliphatic carbocycles. The zero-order valence-electron chi connectivity index (χ0n) is 19.5. The van der Waals surface area contributed by atoms with Gasteiger partial charge in [-0.1, -0.05) is 67.2 Å². The van der Waals surface area contributed by atoms with Crippen molar-refractivity contribution < 1.29 is 19.1 Å².